The van der Waals surface area contributed by atoms with Crippen LogP contribution in [-0.2, 0) is 28.8 Å². The third kappa shape index (κ3) is 10.8. The van der Waals surface area contributed by atoms with Gasteiger partial charge in [0.1, 0.15) is 18.1 Å². The van der Waals surface area contributed by atoms with Gasteiger partial charge >= 0.3 is 17.9 Å². The third-order valence-corrected chi connectivity index (χ3v) is 5.08. The molecule has 33 heavy (non-hydrogen) atoms. The molecule has 0 rings (SSSR count). The molecular formula is C20H34N4O9. The standard InChI is InChI=1S/C20H34N4O9/c1-5-10(4)15(21)19(31)23-12(8-14(27)28)18(30)22-11(6-7-13(25)26)17(29)24-16(9(2)3)20(32)33/h9-12,15-16H,5-8,21H2,1-4H3,(H,22,30)(H,23,31)(H,24,29)(H,25,26)(H,27,28)(H,32,33). The lowest BCUT2D eigenvalue weighted by molar-refractivity contribution is -0.144. The van der Waals surface area contributed by atoms with E-state index in [1.54, 1.807) is 27.7 Å². The van der Waals surface area contributed by atoms with E-state index in [9.17, 15) is 33.9 Å². The molecule has 13 heteroatoms. The van der Waals surface area contributed by atoms with E-state index < -0.39 is 85.0 Å². The van der Waals surface area contributed by atoms with Gasteiger partial charge in [0.2, 0.25) is 17.7 Å². The van der Waals surface area contributed by atoms with Crippen LogP contribution in [0.3, 0.4) is 0 Å². The van der Waals surface area contributed by atoms with E-state index in [-0.39, 0.29) is 5.92 Å². The van der Waals surface area contributed by atoms with Crippen molar-refractivity contribution >= 4 is 35.6 Å². The van der Waals surface area contributed by atoms with Crippen LogP contribution in [0.15, 0.2) is 0 Å². The summed E-state index contributed by atoms with van der Waals surface area (Å²) in [5, 5.41) is 34.0. The molecule has 0 radical (unpaired) electrons. The van der Waals surface area contributed by atoms with Gasteiger partial charge in [0.25, 0.3) is 0 Å². The zero-order valence-electron chi connectivity index (χ0n) is 19.2. The number of hydrogen-bond acceptors (Lipinski definition) is 7. The van der Waals surface area contributed by atoms with Crippen LogP contribution in [0.1, 0.15) is 53.4 Å². The average Bonchev–Trinajstić information content (AvgIpc) is 2.71. The van der Waals surface area contributed by atoms with Gasteiger partial charge in [0.15, 0.2) is 0 Å². The van der Waals surface area contributed by atoms with Gasteiger partial charge in [-0.1, -0.05) is 34.1 Å². The van der Waals surface area contributed by atoms with Crippen LogP contribution in [0.5, 0.6) is 0 Å². The van der Waals surface area contributed by atoms with E-state index >= 15 is 0 Å². The minimum absolute atomic E-state index is 0.253. The normalized spacial score (nSPS) is 15.5. The molecule has 0 heterocycles. The van der Waals surface area contributed by atoms with E-state index in [1.165, 1.54) is 0 Å². The predicted octanol–water partition coefficient (Wildman–Crippen LogP) is -1.11. The molecule has 0 saturated heterocycles. The van der Waals surface area contributed by atoms with E-state index in [0.29, 0.717) is 6.42 Å². The summed E-state index contributed by atoms with van der Waals surface area (Å²) in [6.07, 6.45) is -1.19. The molecule has 0 aliphatic carbocycles. The Morgan fingerprint density at radius 3 is 1.73 bits per heavy atom. The third-order valence-electron chi connectivity index (χ3n) is 5.08. The highest BCUT2D eigenvalue weighted by Crippen LogP contribution is 2.08. The van der Waals surface area contributed by atoms with Crippen molar-refractivity contribution in [2.45, 2.75) is 77.5 Å². The van der Waals surface area contributed by atoms with Gasteiger partial charge in [-0.05, 0) is 18.3 Å². The Hall–Kier alpha value is -3.22. The summed E-state index contributed by atoms with van der Waals surface area (Å²) in [4.78, 5) is 71.2. The van der Waals surface area contributed by atoms with E-state index in [4.69, 9.17) is 15.9 Å². The molecule has 0 saturated carbocycles. The molecule has 8 N–H and O–H groups in total. The lowest BCUT2D eigenvalue weighted by Crippen LogP contribution is -2.58. The highest BCUT2D eigenvalue weighted by atomic mass is 16.4. The van der Waals surface area contributed by atoms with Crippen LogP contribution in [0.4, 0.5) is 0 Å². The van der Waals surface area contributed by atoms with Crippen LogP contribution >= 0.6 is 0 Å². The fourth-order valence-corrected chi connectivity index (χ4v) is 2.74. The first-order valence-electron chi connectivity index (χ1n) is 10.5. The first kappa shape index (κ1) is 29.8. The molecule has 0 aliphatic heterocycles. The van der Waals surface area contributed by atoms with Gasteiger partial charge < -0.3 is 37.0 Å². The molecule has 0 aliphatic rings. The fraction of sp³-hybridized carbons (Fsp3) is 0.700. The molecule has 0 spiro atoms. The molecular weight excluding hydrogens is 440 g/mol. The first-order valence-corrected chi connectivity index (χ1v) is 10.5. The lowest BCUT2D eigenvalue weighted by Gasteiger charge is -2.26. The van der Waals surface area contributed by atoms with Crippen molar-refractivity contribution < 1.29 is 44.1 Å². The van der Waals surface area contributed by atoms with Crippen molar-refractivity contribution in [3.8, 4) is 0 Å². The maximum Gasteiger partial charge on any atom is 0.326 e. The summed E-state index contributed by atoms with van der Waals surface area (Å²) in [6, 6.07) is -5.38. The lowest BCUT2D eigenvalue weighted by atomic mass is 9.99. The Kier molecular flexibility index (Phi) is 12.7. The quantitative estimate of drug-likeness (QED) is 0.151. The summed E-state index contributed by atoms with van der Waals surface area (Å²) in [6.45, 7) is 6.59. The Morgan fingerprint density at radius 1 is 0.788 bits per heavy atom. The molecule has 0 fully saturated rings. The zero-order chi connectivity index (χ0) is 25.9. The van der Waals surface area contributed by atoms with Gasteiger partial charge in [-0.15, -0.1) is 0 Å². The van der Waals surface area contributed by atoms with Crippen LogP contribution in [0.25, 0.3) is 0 Å². The summed E-state index contributed by atoms with van der Waals surface area (Å²) in [5.41, 5.74) is 5.82. The Labute approximate surface area is 191 Å². The molecule has 0 bridgehead atoms. The van der Waals surface area contributed by atoms with Crippen molar-refractivity contribution in [1.29, 1.82) is 0 Å². The number of carboxylic acid groups (broad SMARTS) is 3. The molecule has 5 atom stereocenters. The van der Waals surface area contributed by atoms with Gasteiger partial charge in [-0.2, -0.15) is 0 Å². The summed E-state index contributed by atoms with van der Waals surface area (Å²) >= 11 is 0. The summed E-state index contributed by atoms with van der Waals surface area (Å²) < 4.78 is 0. The number of aliphatic carboxylic acids is 3. The van der Waals surface area contributed by atoms with Crippen molar-refractivity contribution in [3.05, 3.63) is 0 Å². The van der Waals surface area contributed by atoms with Crippen molar-refractivity contribution in [2.24, 2.45) is 17.6 Å². The molecule has 188 valence electrons. The maximum absolute atomic E-state index is 12.7. The summed E-state index contributed by atoms with van der Waals surface area (Å²) in [7, 11) is 0. The fourth-order valence-electron chi connectivity index (χ4n) is 2.74. The molecule has 13 nitrogen and oxygen atoms in total. The Morgan fingerprint density at radius 2 is 1.30 bits per heavy atom. The second-order valence-electron chi connectivity index (χ2n) is 8.13. The number of carbonyl (C=O) groups excluding carboxylic acids is 3. The largest absolute Gasteiger partial charge is 0.481 e. The highest BCUT2D eigenvalue weighted by Gasteiger charge is 2.33. The predicted molar refractivity (Wildman–Crippen MR) is 115 cm³/mol. The number of hydrogen-bond donors (Lipinski definition) is 7. The van der Waals surface area contributed by atoms with Crippen molar-refractivity contribution in [1.82, 2.24) is 16.0 Å². The number of carboxylic acids is 3. The van der Waals surface area contributed by atoms with E-state index in [1.807, 2.05) is 0 Å². The first-order chi connectivity index (χ1) is 15.2. The summed E-state index contributed by atoms with van der Waals surface area (Å²) in [5.74, 6) is -7.54. The molecule has 0 aromatic carbocycles. The number of nitrogens with two attached hydrogens (primary N) is 1. The van der Waals surface area contributed by atoms with Gasteiger partial charge in [-0.25, -0.2) is 4.79 Å². The Bertz CT molecular complexity index is 741. The molecule has 0 aromatic rings. The maximum atomic E-state index is 12.7. The second-order valence-corrected chi connectivity index (χ2v) is 8.13. The monoisotopic (exact) mass is 474 g/mol. The minimum atomic E-state index is -1.59. The minimum Gasteiger partial charge on any atom is -0.481 e. The van der Waals surface area contributed by atoms with Crippen LogP contribution in [0, 0.1) is 11.8 Å². The smallest absolute Gasteiger partial charge is 0.326 e. The zero-order valence-corrected chi connectivity index (χ0v) is 19.2. The number of amides is 3. The SMILES string of the molecule is CCC(C)C(N)C(=O)NC(CC(=O)O)C(=O)NC(CCC(=O)O)C(=O)NC(C(=O)O)C(C)C. The highest BCUT2D eigenvalue weighted by molar-refractivity contribution is 5.95. The van der Waals surface area contributed by atoms with Gasteiger partial charge in [0, 0.05) is 6.42 Å². The topological polar surface area (TPSA) is 225 Å². The van der Waals surface area contributed by atoms with Crippen molar-refractivity contribution in [3.63, 3.8) is 0 Å². The van der Waals surface area contributed by atoms with Gasteiger partial charge in [-0.3, -0.25) is 24.0 Å². The average molecular weight is 475 g/mol. The Balaban J connectivity index is 5.62. The molecule has 0 aromatic heterocycles. The number of carbonyl (C=O) groups is 6. The van der Waals surface area contributed by atoms with E-state index in [0.717, 1.165) is 0 Å². The number of rotatable bonds is 15. The molecule has 5 unspecified atom stereocenters. The van der Waals surface area contributed by atoms with E-state index in [2.05, 4.69) is 16.0 Å². The van der Waals surface area contributed by atoms with Crippen LogP contribution in [0.2, 0.25) is 0 Å². The van der Waals surface area contributed by atoms with Crippen LogP contribution in [-0.4, -0.2) is 75.1 Å². The number of nitrogens with one attached hydrogen (secondary N) is 3. The second kappa shape index (κ2) is 14.0. The van der Waals surface area contributed by atoms with Crippen LogP contribution < -0.4 is 21.7 Å². The molecule has 3 amide bonds. The van der Waals surface area contributed by atoms with Crippen molar-refractivity contribution in [2.75, 3.05) is 0 Å². The van der Waals surface area contributed by atoms with Gasteiger partial charge in [0.05, 0.1) is 12.5 Å².